The molecule has 0 unspecified atom stereocenters. The maximum atomic E-state index is 13.5. The van der Waals surface area contributed by atoms with Crippen molar-refractivity contribution in [2.75, 3.05) is 0 Å². The van der Waals surface area contributed by atoms with Crippen LogP contribution in [0.1, 0.15) is 18.4 Å². The summed E-state index contributed by atoms with van der Waals surface area (Å²) in [5.41, 5.74) is 0.949. The number of nitrogens with one attached hydrogen (secondary N) is 1. The zero-order valence-electron chi connectivity index (χ0n) is 11.2. The van der Waals surface area contributed by atoms with Crippen LogP contribution in [0.2, 0.25) is 10.0 Å². The maximum Gasteiger partial charge on any atom is 0.145 e. The van der Waals surface area contributed by atoms with Gasteiger partial charge in [-0.3, -0.25) is 0 Å². The van der Waals surface area contributed by atoms with Crippen molar-refractivity contribution in [2.24, 2.45) is 0 Å². The molecule has 21 heavy (non-hydrogen) atoms. The molecule has 0 aliphatic heterocycles. The molecule has 110 valence electrons. The third kappa shape index (κ3) is 3.88. The largest absolute Gasteiger partial charge is 0.457 e. The standard InChI is InChI=1S/C16H14Cl2FNO/c17-11-1-6-16(10(7-11)9-20-12-2-3-12)21-13-4-5-14(18)15(19)8-13/h1,4-8,12,20H,2-3,9H2. The molecule has 0 heterocycles. The quantitative estimate of drug-likeness (QED) is 0.818. The number of ether oxygens (including phenoxy) is 1. The Morgan fingerprint density at radius 1 is 1.14 bits per heavy atom. The summed E-state index contributed by atoms with van der Waals surface area (Å²) < 4.78 is 19.2. The SMILES string of the molecule is Fc1cc(Oc2ccc(Cl)cc2CNC2CC2)ccc1Cl. The van der Waals surface area contributed by atoms with Crippen molar-refractivity contribution in [3.05, 3.63) is 57.8 Å². The van der Waals surface area contributed by atoms with E-state index < -0.39 is 5.82 Å². The third-order valence-corrected chi connectivity index (χ3v) is 3.84. The molecule has 1 aliphatic rings. The molecule has 5 heteroatoms. The number of rotatable bonds is 5. The Hall–Kier alpha value is -1.29. The normalized spacial score (nSPS) is 14.2. The average Bonchev–Trinajstić information content (AvgIpc) is 3.27. The van der Waals surface area contributed by atoms with Gasteiger partial charge in [0.25, 0.3) is 0 Å². The minimum absolute atomic E-state index is 0.0779. The van der Waals surface area contributed by atoms with Gasteiger partial charge in [-0.05, 0) is 43.2 Å². The van der Waals surface area contributed by atoms with E-state index in [9.17, 15) is 4.39 Å². The molecule has 0 spiro atoms. The van der Waals surface area contributed by atoms with Crippen LogP contribution in [0.25, 0.3) is 0 Å². The van der Waals surface area contributed by atoms with Gasteiger partial charge < -0.3 is 10.1 Å². The lowest BCUT2D eigenvalue weighted by Gasteiger charge is -2.12. The first-order chi connectivity index (χ1) is 10.1. The summed E-state index contributed by atoms with van der Waals surface area (Å²) in [6.07, 6.45) is 2.41. The minimum Gasteiger partial charge on any atom is -0.457 e. The van der Waals surface area contributed by atoms with Crippen LogP contribution in [0, 0.1) is 5.82 Å². The minimum atomic E-state index is -0.499. The average molecular weight is 326 g/mol. The number of benzene rings is 2. The van der Waals surface area contributed by atoms with E-state index in [1.807, 2.05) is 6.07 Å². The highest BCUT2D eigenvalue weighted by molar-refractivity contribution is 6.31. The molecule has 2 aromatic carbocycles. The van der Waals surface area contributed by atoms with E-state index in [-0.39, 0.29) is 5.02 Å². The van der Waals surface area contributed by atoms with E-state index in [4.69, 9.17) is 27.9 Å². The highest BCUT2D eigenvalue weighted by Gasteiger charge is 2.20. The molecule has 1 saturated carbocycles. The predicted molar refractivity (Wildman–Crippen MR) is 82.8 cm³/mol. The molecule has 2 aromatic rings. The molecule has 3 rings (SSSR count). The van der Waals surface area contributed by atoms with Gasteiger partial charge in [0.2, 0.25) is 0 Å². The Morgan fingerprint density at radius 3 is 2.67 bits per heavy atom. The molecule has 0 radical (unpaired) electrons. The lowest BCUT2D eigenvalue weighted by molar-refractivity contribution is 0.467. The Kier molecular flexibility index (Phi) is 4.34. The molecule has 1 fully saturated rings. The Balaban J connectivity index is 1.80. The first-order valence-electron chi connectivity index (χ1n) is 6.76. The van der Waals surface area contributed by atoms with Gasteiger partial charge in [0.15, 0.2) is 0 Å². The van der Waals surface area contributed by atoms with Gasteiger partial charge >= 0.3 is 0 Å². The van der Waals surface area contributed by atoms with Gasteiger partial charge in [-0.15, -0.1) is 0 Å². The second-order valence-corrected chi connectivity index (χ2v) is 5.93. The fourth-order valence-corrected chi connectivity index (χ4v) is 2.31. The van der Waals surface area contributed by atoms with Crippen molar-refractivity contribution >= 4 is 23.2 Å². The molecular weight excluding hydrogens is 312 g/mol. The zero-order chi connectivity index (χ0) is 14.8. The summed E-state index contributed by atoms with van der Waals surface area (Å²) in [7, 11) is 0. The van der Waals surface area contributed by atoms with Crippen LogP contribution in [0.3, 0.4) is 0 Å². The molecule has 0 saturated heterocycles. The fourth-order valence-electron chi connectivity index (χ4n) is 1.99. The van der Waals surface area contributed by atoms with Crippen LogP contribution in [0.15, 0.2) is 36.4 Å². The summed E-state index contributed by atoms with van der Waals surface area (Å²) in [5, 5.41) is 4.14. The first kappa shape index (κ1) is 14.6. The van der Waals surface area contributed by atoms with Crippen molar-refractivity contribution in [1.29, 1.82) is 0 Å². The number of hydrogen-bond acceptors (Lipinski definition) is 2. The van der Waals surface area contributed by atoms with Crippen LogP contribution in [0.4, 0.5) is 4.39 Å². The second-order valence-electron chi connectivity index (χ2n) is 5.09. The number of hydrogen-bond donors (Lipinski definition) is 1. The van der Waals surface area contributed by atoms with Gasteiger partial charge in [0, 0.05) is 29.2 Å². The molecule has 0 aromatic heterocycles. The van der Waals surface area contributed by atoms with E-state index in [1.54, 1.807) is 18.2 Å². The molecular formula is C16H14Cl2FNO. The van der Waals surface area contributed by atoms with Crippen LogP contribution >= 0.6 is 23.2 Å². The summed E-state index contributed by atoms with van der Waals surface area (Å²) in [6.45, 7) is 0.677. The van der Waals surface area contributed by atoms with Crippen molar-refractivity contribution in [1.82, 2.24) is 5.32 Å². The van der Waals surface area contributed by atoms with Gasteiger partial charge in [0.1, 0.15) is 17.3 Å². The maximum absolute atomic E-state index is 13.5. The topological polar surface area (TPSA) is 21.3 Å². The van der Waals surface area contributed by atoms with Gasteiger partial charge in [-0.25, -0.2) is 4.39 Å². The Morgan fingerprint density at radius 2 is 1.95 bits per heavy atom. The van der Waals surface area contributed by atoms with Crippen molar-refractivity contribution < 1.29 is 9.13 Å². The second kappa shape index (κ2) is 6.22. The fraction of sp³-hybridized carbons (Fsp3) is 0.250. The lowest BCUT2D eigenvalue weighted by Crippen LogP contribution is -2.15. The first-order valence-corrected chi connectivity index (χ1v) is 7.52. The molecule has 0 bridgehead atoms. The van der Waals surface area contributed by atoms with E-state index in [2.05, 4.69) is 5.32 Å². The van der Waals surface area contributed by atoms with E-state index in [1.165, 1.54) is 25.0 Å². The Labute approximate surface area is 132 Å². The van der Waals surface area contributed by atoms with E-state index >= 15 is 0 Å². The van der Waals surface area contributed by atoms with Crippen molar-refractivity contribution in [3.63, 3.8) is 0 Å². The summed E-state index contributed by atoms with van der Waals surface area (Å²) in [6, 6.07) is 10.4. The van der Waals surface area contributed by atoms with Crippen molar-refractivity contribution in [3.8, 4) is 11.5 Å². The Bertz CT molecular complexity index is 659. The van der Waals surface area contributed by atoms with Crippen molar-refractivity contribution in [2.45, 2.75) is 25.4 Å². The highest BCUT2D eigenvalue weighted by Crippen LogP contribution is 2.30. The van der Waals surface area contributed by atoms with Gasteiger partial charge in [-0.2, -0.15) is 0 Å². The van der Waals surface area contributed by atoms with Gasteiger partial charge in [-0.1, -0.05) is 23.2 Å². The van der Waals surface area contributed by atoms with E-state index in [0.29, 0.717) is 29.1 Å². The monoisotopic (exact) mass is 325 g/mol. The van der Waals surface area contributed by atoms with Gasteiger partial charge in [0.05, 0.1) is 5.02 Å². The predicted octanol–water partition coefficient (Wildman–Crippen LogP) is 5.18. The molecule has 2 nitrogen and oxygen atoms in total. The molecule has 1 N–H and O–H groups in total. The molecule has 0 atom stereocenters. The molecule has 1 aliphatic carbocycles. The third-order valence-electron chi connectivity index (χ3n) is 3.30. The zero-order valence-corrected chi connectivity index (χ0v) is 12.7. The van der Waals surface area contributed by atoms with Crippen LogP contribution in [-0.2, 0) is 6.54 Å². The van der Waals surface area contributed by atoms with Crippen LogP contribution in [-0.4, -0.2) is 6.04 Å². The van der Waals surface area contributed by atoms with Crippen LogP contribution < -0.4 is 10.1 Å². The summed E-state index contributed by atoms with van der Waals surface area (Å²) in [4.78, 5) is 0. The summed E-state index contributed by atoms with van der Waals surface area (Å²) >= 11 is 11.7. The van der Waals surface area contributed by atoms with E-state index in [0.717, 1.165) is 5.56 Å². The number of halogens is 3. The van der Waals surface area contributed by atoms with Crippen LogP contribution in [0.5, 0.6) is 11.5 Å². The smallest absolute Gasteiger partial charge is 0.145 e. The summed E-state index contributed by atoms with van der Waals surface area (Å²) in [5.74, 6) is 0.571. The highest BCUT2D eigenvalue weighted by atomic mass is 35.5. The molecule has 0 amide bonds. The lowest BCUT2D eigenvalue weighted by atomic mass is 10.2.